The Balaban J connectivity index is 1.69. The molecule has 0 spiro atoms. The van der Waals surface area contributed by atoms with Gasteiger partial charge in [0.15, 0.2) is 11.5 Å². The van der Waals surface area contributed by atoms with Crippen molar-refractivity contribution in [2.75, 3.05) is 7.11 Å². The Morgan fingerprint density at radius 2 is 1.70 bits per heavy atom. The van der Waals surface area contributed by atoms with Crippen LogP contribution in [0.4, 0.5) is 0 Å². The standard InChI is InChI=1S/C20H18Cl3NO3/c1-25-19-8-13(10-24-11-14-4-3-7-26-14)18(23)9-20(19)27-12-15-16(21)5-2-6-17(15)22/h2-9,24H,10-12H2,1H3. The van der Waals surface area contributed by atoms with Crippen LogP contribution in [0, 0.1) is 0 Å². The Morgan fingerprint density at radius 1 is 0.926 bits per heavy atom. The van der Waals surface area contributed by atoms with Gasteiger partial charge < -0.3 is 19.2 Å². The summed E-state index contributed by atoms with van der Waals surface area (Å²) in [5, 5.41) is 4.95. The maximum absolute atomic E-state index is 6.41. The molecule has 0 aliphatic carbocycles. The fraction of sp³-hybridized carbons (Fsp3) is 0.200. The third kappa shape index (κ3) is 5.11. The van der Waals surface area contributed by atoms with Crippen molar-refractivity contribution >= 4 is 34.8 Å². The van der Waals surface area contributed by atoms with Crippen LogP contribution in [0.2, 0.25) is 15.1 Å². The minimum absolute atomic E-state index is 0.210. The van der Waals surface area contributed by atoms with Crippen LogP contribution in [0.3, 0.4) is 0 Å². The van der Waals surface area contributed by atoms with E-state index in [1.165, 1.54) is 0 Å². The predicted molar refractivity (Wildman–Crippen MR) is 108 cm³/mol. The van der Waals surface area contributed by atoms with Crippen LogP contribution >= 0.6 is 34.8 Å². The summed E-state index contributed by atoms with van der Waals surface area (Å²) >= 11 is 18.8. The van der Waals surface area contributed by atoms with E-state index in [1.807, 2.05) is 18.2 Å². The molecule has 4 nitrogen and oxygen atoms in total. The van der Waals surface area contributed by atoms with Gasteiger partial charge in [0.2, 0.25) is 0 Å². The van der Waals surface area contributed by atoms with Crippen molar-refractivity contribution in [3.05, 3.63) is 80.7 Å². The van der Waals surface area contributed by atoms with E-state index < -0.39 is 0 Å². The minimum atomic E-state index is 0.210. The molecule has 0 saturated carbocycles. The first kappa shape index (κ1) is 19.9. The smallest absolute Gasteiger partial charge is 0.163 e. The largest absolute Gasteiger partial charge is 0.493 e. The number of ether oxygens (including phenoxy) is 2. The number of hydrogen-bond acceptors (Lipinski definition) is 4. The van der Waals surface area contributed by atoms with Crippen molar-refractivity contribution in [3.63, 3.8) is 0 Å². The van der Waals surface area contributed by atoms with Gasteiger partial charge in [-0.2, -0.15) is 0 Å². The molecule has 1 heterocycles. The lowest BCUT2D eigenvalue weighted by atomic mass is 10.2. The molecule has 0 saturated heterocycles. The van der Waals surface area contributed by atoms with Crippen LogP contribution in [0.1, 0.15) is 16.9 Å². The molecule has 0 aliphatic heterocycles. The lowest BCUT2D eigenvalue weighted by Crippen LogP contribution is -2.12. The number of nitrogens with one attached hydrogen (secondary N) is 1. The molecule has 1 N–H and O–H groups in total. The molecule has 0 unspecified atom stereocenters. The predicted octanol–water partition coefficient (Wildman–Crippen LogP) is 6.12. The maximum atomic E-state index is 6.41. The zero-order chi connectivity index (χ0) is 19.2. The van der Waals surface area contributed by atoms with Crippen molar-refractivity contribution in [1.29, 1.82) is 0 Å². The monoisotopic (exact) mass is 425 g/mol. The molecule has 7 heteroatoms. The quantitative estimate of drug-likeness (QED) is 0.471. The van der Waals surface area contributed by atoms with E-state index in [9.17, 15) is 0 Å². The summed E-state index contributed by atoms with van der Waals surface area (Å²) < 4.78 is 16.6. The first-order valence-corrected chi connectivity index (χ1v) is 9.37. The number of hydrogen-bond donors (Lipinski definition) is 1. The third-order valence-electron chi connectivity index (χ3n) is 3.96. The SMILES string of the molecule is COc1cc(CNCc2ccco2)c(Cl)cc1OCc1c(Cl)cccc1Cl. The fourth-order valence-corrected chi connectivity index (χ4v) is 3.27. The molecule has 0 atom stereocenters. The van der Waals surface area contributed by atoms with Gasteiger partial charge in [0.1, 0.15) is 12.4 Å². The van der Waals surface area contributed by atoms with Crippen LogP contribution in [0.5, 0.6) is 11.5 Å². The molecule has 0 amide bonds. The molecule has 0 aliphatic rings. The Hall–Kier alpha value is -1.85. The normalized spacial score (nSPS) is 10.8. The average molecular weight is 427 g/mol. The summed E-state index contributed by atoms with van der Waals surface area (Å²) in [6, 6.07) is 12.7. The van der Waals surface area contributed by atoms with E-state index in [0.717, 1.165) is 11.3 Å². The van der Waals surface area contributed by atoms with Crippen LogP contribution in [0.15, 0.2) is 53.1 Å². The first-order chi connectivity index (χ1) is 13.1. The van der Waals surface area contributed by atoms with E-state index >= 15 is 0 Å². The molecule has 0 radical (unpaired) electrons. The van der Waals surface area contributed by atoms with Crippen molar-refractivity contribution in [2.24, 2.45) is 0 Å². The average Bonchev–Trinajstić information content (AvgIpc) is 3.16. The summed E-state index contributed by atoms with van der Waals surface area (Å²) in [7, 11) is 1.58. The highest BCUT2D eigenvalue weighted by Crippen LogP contribution is 2.35. The molecule has 3 rings (SSSR count). The van der Waals surface area contributed by atoms with Gasteiger partial charge in [-0.15, -0.1) is 0 Å². The second-order valence-corrected chi connectivity index (χ2v) is 6.99. The molecule has 142 valence electrons. The van der Waals surface area contributed by atoms with Crippen LogP contribution in [-0.4, -0.2) is 7.11 Å². The molecule has 1 aromatic heterocycles. The van der Waals surface area contributed by atoms with E-state index in [2.05, 4.69) is 5.32 Å². The van der Waals surface area contributed by atoms with Crippen molar-refractivity contribution in [1.82, 2.24) is 5.32 Å². The number of furan rings is 1. The second kappa shape index (κ2) is 9.38. The topological polar surface area (TPSA) is 43.6 Å². The second-order valence-electron chi connectivity index (χ2n) is 5.77. The minimum Gasteiger partial charge on any atom is -0.493 e. The van der Waals surface area contributed by atoms with Gasteiger partial charge in [0, 0.05) is 33.2 Å². The molecule has 0 bridgehead atoms. The van der Waals surface area contributed by atoms with E-state index in [-0.39, 0.29) is 6.61 Å². The van der Waals surface area contributed by atoms with Gasteiger partial charge in [0.25, 0.3) is 0 Å². The maximum Gasteiger partial charge on any atom is 0.163 e. The highest BCUT2D eigenvalue weighted by molar-refractivity contribution is 6.36. The van der Waals surface area contributed by atoms with Gasteiger partial charge >= 0.3 is 0 Å². The summed E-state index contributed by atoms with van der Waals surface area (Å²) in [6.07, 6.45) is 1.64. The Morgan fingerprint density at radius 3 is 2.37 bits per heavy atom. The van der Waals surface area contributed by atoms with Crippen molar-refractivity contribution in [3.8, 4) is 11.5 Å². The Labute approximate surface area is 172 Å². The zero-order valence-corrected chi connectivity index (χ0v) is 16.9. The van der Waals surface area contributed by atoms with Gasteiger partial charge in [-0.1, -0.05) is 40.9 Å². The number of benzene rings is 2. The van der Waals surface area contributed by atoms with Crippen LogP contribution < -0.4 is 14.8 Å². The molecular formula is C20H18Cl3NO3. The highest BCUT2D eigenvalue weighted by atomic mass is 35.5. The molecular weight excluding hydrogens is 409 g/mol. The van der Waals surface area contributed by atoms with E-state index in [1.54, 1.807) is 37.6 Å². The summed E-state index contributed by atoms with van der Waals surface area (Å²) in [5.41, 5.74) is 1.60. The number of methoxy groups -OCH3 is 1. The summed E-state index contributed by atoms with van der Waals surface area (Å²) in [4.78, 5) is 0. The fourth-order valence-electron chi connectivity index (χ4n) is 2.54. The van der Waals surface area contributed by atoms with E-state index in [0.29, 0.717) is 45.2 Å². The van der Waals surface area contributed by atoms with Crippen molar-refractivity contribution < 1.29 is 13.9 Å². The number of rotatable bonds is 8. The number of halogens is 3. The molecule has 3 aromatic rings. The van der Waals surface area contributed by atoms with Gasteiger partial charge in [-0.05, 0) is 35.9 Å². The lowest BCUT2D eigenvalue weighted by Gasteiger charge is -2.15. The van der Waals surface area contributed by atoms with Gasteiger partial charge in [0.05, 0.1) is 19.9 Å². The highest BCUT2D eigenvalue weighted by Gasteiger charge is 2.13. The van der Waals surface area contributed by atoms with Crippen LogP contribution in [-0.2, 0) is 19.7 Å². The molecule has 27 heavy (non-hydrogen) atoms. The first-order valence-electron chi connectivity index (χ1n) is 8.23. The Bertz CT molecular complexity index is 877. The molecule has 2 aromatic carbocycles. The zero-order valence-electron chi connectivity index (χ0n) is 14.6. The van der Waals surface area contributed by atoms with Gasteiger partial charge in [-0.3, -0.25) is 0 Å². The van der Waals surface area contributed by atoms with Crippen molar-refractivity contribution in [2.45, 2.75) is 19.7 Å². The summed E-state index contributed by atoms with van der Waals surface area (Å²) in [6.45, 7) is 1.38. The van der Waals surface area contributed by atoms with Crippen LogP contribution in [0.25, 0.3) is 0 Å². The Kier molecular flexibility index (Phi) is 6.91. The molecule has 0 fully saturated rings. The third-order valence-corrected chi connectivity index (χ3v) is 5.02. The van der Waals surface area contributed by atoms with Gasteiger partial charge in [-0.25, -0.2) is 0 Å². The van der Waals surface area contributed by atoms with E-state index in [4.69, 9.17) is 48.7 Å². The summed E-state index contributed by atoms with van der Waals surface area (Å²) in [5.74, 6) is 1.96. The lowest BCUT2D eigenvalue weighted by molar-refractivity contribution is 0.284.